The summed E-state index contributed by atoms with van der Waals surface area (Å²) in [6.45, 7) is 14.0. The first kappa shape index (κ1) is 18.9. The molecule has 6 heteroatoms. The Hall–Kier alpha value is -1.92. The highest BCUT2D eigenvalue weighted by Gasteiger charge is 2.24. The van der Waals surface area contributed by atoms with Crippen LogP contribution < -0.4 is 5.32 Å². The van der Waals surface area contributed by atoms with Gasteiger partial charge >= 0.3 is 0 Å². The lowest BCUT2D eigenvalue weighted by atomic mass is 10.0. The van der Waals surface area contributed by atoms with Crippen LogP contribution in [-0.2, 0) is 4.79 Å². The average molecular weight is 358 g/mol. The first-order chi connectivity index (χ1) is 12.5. The number of aromatic nitrogens is 2. The molecule has 1 aliphatic rings. The maximum absolute atomic E-state index is 12.6. The van der Waals surface area contributed by atoms with Crippen molar-refractivity contribution in [2.45, 2.75) is 33.7 Å². The molecule has 2 N–H and O–H groups in total. The summed E-state index contributed by atoms with van der Waals surface area (Å²) in [5, 5.41) is 3.19. The number of amides is 1. The number of hydrogen-bond acceptors (Lipinski definition) is 4. The molecule has 2 aromatic rings. The molecule has 1 fully saturated rings. The van der Waals surface area contributed by atoms with Gasteiger partial charge in [-0.15, -0.1) is 0 Å². The van der Waals surface area contributed by atoms with Crippen LogP contribution in [0, 0.1) is 12.8 Å². The van der Waals surface area contributed by atoms with Gasteiger partial charge in [-0.25, -0.2) is 4.98 Å². The summed E-state index contributed by atoms with van der Waals surface area (Å²) in [6, 6.07) is 6.08. The fourth-order valence-electron chi connectivity index (χ4n) is 3.53. The molecule has 1 aliphatic heterocycles. The Balaban J connectivity index is 1.65. The molecule has 0 radical (unpaired) electrons. The molecule has 0 aliphatic carbocycles. The third-order valence-electron chi connectivity index (χ3n) is 5.21. The molecule has 6 nitrogen and oxygen atoms in total. The number of piperazine rings is 1. The number of likely N-dealkylation sites (N-methyl/N-ethyl adjacent to an activating group) is 1. The molecule has 2 heterocycles. The number of H-pyrrole nitrogens is 1. The predicted octanol–water partition coefficient (Wildman–Crippen LogP) is 2.32. The van der Waals surface area contributed by atoms with Gasteiger partial charge in [0.05, 0.1) is 23.6 Å². The van der Waals surface area contributed by atoms with Gasteiger partial charge in [0.15, 0.2) is 0 Å². The molecule has 1 aromatic carbocycles. The largest absolute Gasteiger partial charge is 0.345 e. The van der Waals surface area contributed by atoms with Gasteiger partial charge in [0.2, 0.25) is 5.91 Å². The summed E-state index contributed by atoms with van der Waals surface area (Å²) in [4.78, 5) is 25.4. The molecule has 1 aromatic heterocycles. The van der Waals surface area contributed by atoms with Gasteiger partial charge in [0.1, 0.15) is 5.82 Å². The second-order valence-electron chi connectivity index (χ2n) is 7.64. The zero-order valence-corrected chi connectivity index (χ0v) is 16.4. The minimum absolute atomic E-state index is 0.0743. The van der Waals surface area contributed by atoms with E-state index in [-0.39, 0.29) is 17.9 Å². The number of carbonyl (C=O) groups excluding carboxylic acids is 1. The highest BCUT2D eigenvalue weighted by molar-refractivity contribution is 5.79. The zero-order valence-electron chi connectivity index (χ0n) is 16.4. The van der Waals surface area contributed by atoms with Gasteiger partial charge < -0.3 is 15.2 Å². The number of benzene rings is 1. The number of aryl methyl sites for hydroxylation is 1. The molecular weight excluding hydrogens is 326 g/mol. The summed E-state index contributed by atoms with van der Waals surface area (Å²) in [7, 11) is 0. The van der Waals surface area contributed by atoms with E-state index in [0.717, 1.165) is 49.6 Å². The molecule has 0 spiro atoms. The normalized spacial score (nSPS) is 17.7. The van der Waals surface area contributed by atoms with Crippen molar-refractivity contribution in [2.24, 2.45) is 5.92 Å². The molecule has 1 amide bonds. The summed E-state index contributed by atoms with van der Waals surface area (Å²) in [5.74, 6) is 1.17. The number of carbonyl (C=O) groups is 1. The van der Waals surface area contributed by atoms with E-state index >= 15 is 0 Å². The summed E-state index contributed by atoms with van der Waals surface area (Å²) < 4.78 is 0. The Morgan fingerprint density at radius 3 is 2.58 bits per heavy atom. The second-order valence-corrected chi connectivity index (χ2v) is 7.64. The summed E-state index contributed by atoms with van der Waals surface area (Å²) in [6.07, 6.45) is 0. The minimum Gasteiger partial charge on any atom is -0.345 e. The van der Waals surface area contributed by atoms with Gasteiger partial charge in [-0.05, 0) is 37.1 Å². The lowest BCUT2D eigenvalue weighted by Gasteiger charge is -2.33. The van der Waals surface area contributed by atoms with Crippen molar-refractivity contribution in [3.63, 3.8) is 0 Å². The Labute approximate surface area is 156 Å². The van der Waals surface area contributed by atoms with Gasteiger partial charge in [-0.2, -0.15) is 0 Å². The van der Waals surface area contributed by atoms with Crippen LogP contribution in [0.25, 0.3) is 11.0 Å². The first-order valence-electron chi connectivity index (χ1n) is 9.66. The second kappa shape index (κ2) is 8.18. The molecule has 26 heavy (non-hydrogen) atoms. The number of rotatable bonds is 6. The van der Waals surface area contributed by atoms with E-state index < -0.39 is 0 Å². The van der Waals surface area contributed by atoms with Crippen LogP contribution in [0.5, 0.6) is 0 Å². The molecule has 3 rings (SSSR count). The van der Waals surface area contributed by atoms with Crippen LogP contribution in [0.15, 0.2) is 18.2 Å². The van der Waals surface area contributed by atoms with Crippen LogP contribution in [0.3, 0.4) is 0 Å². The highest BCUT2D eigenvalue weighted by Crippen LogP contribution is 2.22. The fraction of sp³-hybridized carbons (Fsp3) is 0.600. The molecule has 0 saturated carbocycles. The number of hydrogen-bond donors (Lipinski definition) is 2. The zero-order chi connectivity index (χ0) is 18.7. The molecule has 1 saturated heterocycles. The smallest absolute Gasteiger partial charge is 0.234 e. The minimum atomic E-state index is -0.105. The lowest BCUT2D eigenvalue weighted by Crippen LogP contribution is -2.49. The van der Waals surface area contributed by atoms with Gasteiger partial charge in [-0.3, -0.25) is 9.69 Å². The Morgan fingerprint density at radius 2 is 1.92 bits per heavy atom. The van der Waals surface area contributed by atoms with E-state index in [1.807, 2.05) is 6.07 Å². The van der Waals surface area contributed by atoms with Gasteiger partial charge in [0.25, 0.3) is 0 Å². The van der Waals surface area contributed by atoms with Crippen LogP contribution in [0.4, 0.5) is 0 Å². The number of fused-ring (bicyclic) bond motifs is 1. The van der Waals surface area contributed by atoms with Gasteiger partial charge in [0, 0.05) is 26.2 Å². The van der Waals surface area contributed by atoms with Crippen LogP contribution >= 0.6 is 0 Å². The third kappa shape index (κ3) is 4.43. The summed E-state index contributed by atoms with van der Waals surface area (Å²) >= 11 is 0. The van der Waals surface area contributed by atoms with Crippen molar-refractivity contribution in [1.82, 2.24) is 25.1 Å². The number of aromatic amines is 1. The SMILES string of the molecule is CCN1CCN(CC(=O)N[C@@H](c2nc3ccc(C)cc3[nH]2)C(C)C)CC1. The molecule has 0 bridgehead atoms. The lowest BCUT2D eigenvalue weighted by molar-refractivity contribution is -0.123. The van der Waals surface area contributed by atoms with Crippen molar-refractivity contribution >= 4 is 16.9 Å². The quantitative estimate of drug-likeness (QED) is 0.833. The van der Waals surface area contributed by atoms with Crippen molar-refractivity contribution in [1.29, 1.82) is 0 Å². The van der Waals surface area contributed by atoms with E-state index in [4.69, 9.17) is 4.98 Å². The number of nitrogens with one attached hydrogen (secondary N) is 2. The van der Waals surface area contributed by atoms with E-state index in [2.05, 4.69) is 59.9 Å². The van der Waals surface area contributed by atoms with E-state index in [1.54, 1.807) is 0 Å². The standard InChI is InChI=1S/C20H31N5O/c1-5-24-8-10-25(11-9-24)13-18(26)23-19(14(2)3)20-21-16-7-6-15(4)12-17(16)22-20/h6-7,12,14,19H,5,8-11,13H2,1-4H3,(H,21,22)(H,23,26)/t19-/m1/s1. The van der Waals surface area contributed by atoms with Crippen molar-refractivity contribution < 1.29 is 4.79 Å². The Bertz CT molecular complexity index is 746. The number of imidazole rings is 1. The highest BCUT2D eigenvalue weighted by atomic mass is 16.2. The fourth-order valence-corrected chi connectivity index (χ4v) is 3.53. The topological polar surface area (TPSA) is 64.3 Å². The van der Waals surface area contributed by atoms with Crippen LogP contribution in [0.2, 0.25) is 0 Å². The van der Waals surface area contributed by atoms with Crippen molar-refractivity contribution in [2.75, 3.05) is 39.3 Å². The molecule has 1 atom stereocenters. The maximum atomic E-state index is 12.6. The van der Waals surface area contributed by atoms with Crippen LogP contribution in [-0.4, -0.2) is 64.9 Å². The molecule has 142 valence electrons. The summed E-state index contributed by atoms with van der Waals surface area (Å²) in [5.41, 5.74) is 3.17. The number of nitrogens with zero attached hydrogens (tertiary/aromatic N) is 3. The monoisotopic (exact) mass is 357 g/mol. The van der Waals surface area contributed by atoms with Crippen molar-refractivity contribution in [3.8, 4) is 0 Å². The predicted molar refractivity (Wildman–Crippen MR) is 105 cm³/mol. The van der Waals surface area contributed by atoms with E-state index in [9.17, 15) is 4.79 Å². The maximum Gasteiger partial charge on any atom is 0.234 e. The van der Waals surface area contributed by atoms with Crippen LogP contribution in [0.1, 0.15) is 38.2 Å². The average Bonchev–Trinajstić information content (AvgIpc) is 3.02. The molecular formula is C20H31N5O. The first-order valence-corrected chi connectivity index (χ1v) is 9.66. The Kier molecular flexibility index (Phi) is 5.94. The molecule has 0 unspecified atom stereocenters. The van der Waals surface area contributed by atoms with E-state index in [1.165, 1.54) is 5.56 Å². The van der Waals surface area contributed by atoms with Gasteiger partial charge in [-0.1, -0.05) is 26.8 Å². The van der Waals surface area contributed by atoms with E-state index in [0.29, 0.717) is 6.54 Å². The Morgan fingerprint density at radius 1 is 1.23 bits per heavy atom. The third-order valence-corrected chi connectivity index (χ3v) is 5.21. The van der Waals surface area contributed by atoms with Crippen molar-refractivity contribution in [3.05, 3.63) is 29.6 Å².